The van der Waals surface area contributed by atoms with Crippen LogP contribution in [0.2, 0.25) is 0 Å². The second-order valence-corrected chi connectivity index (χ2v) is 6.02. The van der Waals surface area contributed by atoms with E-state index in [1.165, 1.54) is 34.1 Å². The Morgan fingerprint density at radius 2 is 2.00 bits per heavy atom. The Morgan fingerprint density at radius 3 is 2.69 bits per heavy atom. The standard InChI is InChI=1S/C18H20N6O5/c1-2-23-16(18(28)19-10-12-4-3-9-29-12)13(11-21-23)22-17(27)14-5-7-20-24(14)8-6-15(25)26/h3-5,7,9,11H,2,6,8,10H2,1H3,(H,19,28)(H,22,27)(H,25,26). The van der Waals surface area contributed by atoms with Gasteiger partial charge in [0.1, 0.15) is 17.1 Å². The molecule has 11 heteroatoms. The van der Waals surface area contributed by atoms with E-state index in [0.29, 0.717) is 12.3 Å². The third-order valence-corrected chi connectivity index (χ3v) is 4.09. The normalized spacial score (nSPS) is 10.7. The molecule has 0 aromatic carbocycles. The van der Waals surface area contributed by atoms with Crippen molar-refractivity contribution < 1.29 is 23.9 Å². The van der Waals surface area contributed by atoms with E-state index in [9.17, 15) is 14.4 Å². The highest BCUT2D eigenvalue weighted by molar-refractivity contribution is 6.07. The Labute approximate surface area is 165 Å². The lowest BCUT2D eigenvalue weighted by Gasteiger charge is -2.10. The van der Waals surface area contributed by atoms with Gasteiger partial charge in [0.15, 0.2) is 0 Å². The molecule has 0 radical (unpaired) electrons. The summed E-state index contributed by atoms with van der Waals surface area (Å²) in [4.78, 5) is 36.1. The van der Waals surface area contributed by atoms with E-state index in [1.807, 2.05) is 6.92 Å². The number of carboxylic acids is 1. The Balaban J connectivity index is 1.75. The molecular weight excluding hydrogens is 380 g/mol. The number of carboxylic acid groups (broad SMARTS) is 1. The second kappa shape index (κ2) is 8.87. The summed E-state index contributed by atoms with van der Waals surface area (Å²) < 4.78 is 7.96. The first-order valence-electron chi connectivity index (χ1n) is 8.91. The molecule has 152 valence electrons. The molecular formula is C18H20N6O5. The van der Waals surface area contributed by atoms with Crippen LogP contribution in [0, 0.1) is 0 Å². The molecule has 2 amide bonds. The SMILES string of the molecule is CCn1ncc(NC(=O)c2ccnn2CCC(=O)O)c1C(=O)NCc1ccco1. The van der Waals surface area contributed by atoms with E-state index >= 15 is 0 Å². The number of hydrogen-bond acceptors (Lipinski definition) is 6. The van der Waals surface area contributed by atoms with E-state index in [1.54, 1.807) is 12.1 Å². The van der Waals surface area contributed by atoms with Crippen LogP contribution >= 0.6 is 0 Å². The van der Waals surface area contributed by atoms with Crippen molar-refractivity contribution >= 4 is 23.5 Å². The van der Waals surface area contributed by atoms with Crippen LogP contribution in [-0.2, 0) is 24.4 Å². The van der Waals surface area contributed by atoms with Gasteiger partial charge in [0, 0.05) is 12.7 Å². The Hall–Kier alpha value is -3.89. The van der Waals surface area contributed by atoms with E-state index in [-0.39, 0.29) is 36.6 Å². The number of rotatable bonds is 9. The summed E-state index contributed by atoms with van der Waals surface area (Å²) in [7, 11) is 0. The number of nitrogens with zero attached hydrogens (tertiary/aromatic N) is 4. The summed E-state index contributed by atoms with van der Waals surface area (Å²) in [6, 6.07) is 4.92. The number of aryl methyl sites for hydroxylation is 2. The number of carbonyl (C=O) groups excluding carboxylic acids is 2. The van der Waals surface area contributed by atoms with Crippen LogP contribution in [0.15, 0.2) is 41.3 Å². The van der Waals surface area contributed by atoms with E-state index in [4.69, 9.17) is 9.52 Å². The molecule has 0 spiro atoms. The molecule has 3 aromatic rings. The lowest BCUT2D eigenvalue weighted by atomic mass is 10.3. The number of aromatic nitrogens is 4. The van der Waals surface area contributed by atoms with Crippen molar-refractivity contribution in [2.24, 2.45) is 0 Å². The molecule has 3 heterocycles. The third-order valence-electron chi connectivity index (χ3n) is 4.09. The van der Waals surface area contributed by atoms with Crippen LogP contribution < -0.4 is 10.6 Å². The zero-order valence-electron chi connectivity index (χ0n) is 15.7. The van der Waals surface area contributed by atoms with Gasteiger partial charge in [-0.2, -0.15) is 10.2 Å². The van der Waals surface area contributed by atoms with Gasteiger partial charge in [-0.05, 0) is 25.1 Å². The monoisotopic (exact) mass is 400 g/mol. The smallest absolute Gasteiger partial charge is 0.305 e. The van der Waals surface area contributed by atoms with Gasteiger partial charge in [-0.15, -0.1) is 0 Å². The van der Waals surface area contributed by atoms with Crippen LogP contribution in [0.4, 0.5) is 5.69 Å². The largest absolute Gasteiger partial charge is 0.481 e. The maximum absolute atomic E-state index is 12.7. The lowest BCUT2D eigenvalue weighted by molar-refractivity contribution is -0.137. The minimum atomic E-state index is -0.994. The van der Waals surface area contributed by atoms with Crippen LogP contribution in [0.25, 0.3) is 0 Å². The number of amides is 2. The minimum Gasteiger partial charge on any atom is -0.481 e. The molecule has 0 aliphatic carbocycles. The van der Waals surface area contributed by atoms with Gasteiger partial charge < -0.3 is 20.2 Å². The average Bonchev–Trinajstić information content (AvgIpc) is 3.44. The van der Waals surface area contributed by atoms with Gasteiger partial charge in [0.05, 0.1) is 37.7 Å². The van der Waals surface area contributed by atoms with Gasteiger partial charge in [0.2, 0.25) is 0 Å². The number of aliphatic carboxylic acids is 1. The van der Waals surface area contributed by atoms with Crippen molar-refractivity contribution in [3.63, 3.8) is 0 Å². The number of nitrogens with one attached hydrogen (secondary N) is 2. The minimum absolute atomic E-state index is 0.0514. The summed E-state index contributed by atoms with van der Waals surface area (Å²) in [5.41, 5.74) is 0.612. The molecule has 0 saturated heterocycles. The summed E-state index contributed by atoms with van der Waals surface area (Å²) in [5, 5.41) is 22.3. The van der Waals surface area contributed by atoms with Crippen molar-refractivity contribution in [3.8, 4) is 0 Å². The first kappa shape index (κ1) is 19.9. The fraction of sp³-hybridized carbons (Fsp3) is 0.278. The van der Waals surface area contributed by atoms with Crippen molar-refractivity contribution in [2.75, 3.05) is 5.32 Å². The predicted octanol–water partition coefficient (Wildman–Crippen LogP) is 1.35. The molecule has 0 unspecified atom stereocenters. The van der Waals surface area contributed by atoms with Gasteiger partial charge in [-0.25, -0.2) is 0 Å². The molecule has 0 aliphatic heterocycles. The van der Waals surface area contributed by atoms with Crippen LogP contribution in [0.3, 0.4) is 0 Å². The Kier molecular flexibility index (Phi) is 6.07. The number of carbonyl (C=O) groups is 3. The summed E-state index contributed by atoms with van der Waals surface area (Å²) in [6.45, 7) is 2.49. The van der Waals surface area contributed by atoms with Crippen molar-refractivity contribution in [2.45, 2.75) is 33.0 Å². The molecule has 0 bridgehead atoms. The van der Waals surface area contributed by atoms with Gasteiger partial charge in [0.25, 0.3) is 11.8 Å². The number of anilines is 1. The predicted molar refractivity (Wildman–Crippen MR) is 100 cm³/mol. The van der Waals surface area contributed by atoms with Gasteiger partial charge >= 0.3 is 5.97 Å². The molecule has 3 N–H and O–H groups in total. The third kappa shape index (κ3) is 4.69. The number of hydrogen-bond donors (Lipinski definition) is 3. The Bertz CT molecular complexity index is 1000. The topological polar surface area (TPSA) is 144 Å². The van der Waals surface area contributed by atoms with E-state index < -0.39 is 17.8 Å². The van der Waals surface area contributed by atoms with Crippen LogP contribution in [0.1, 0.15) is 40.1 Å². The van der Waals surface area contributed by atoms with Gasteiger partial charge in [-0.1, -0.05) is 0 Å². The molecule has 0 aliphatic rings. The molecule has 3 rings (SSSR count). The average molecular weight is 400 g/mol. The van der Waals surface area contributed by atoms with Crippen molar-refractivity contribution in [3.05, 3.63) is 54.0 Å². The second-order valence-electron chi connectivity index (χ2n) is 6.02. The lowest BCUT2D eigenvalue weighted by Crippen LogP contribution is -2.27. The van der Waals surface area contributed by atoms with Crippen LogP contribution in [0.5, 0.6) is 0 Å². The molecule has 0 atom stereocenters. The zero-order valence-corrected chi connectivity index (χ0v) is 15.7. The molecule has 3 aromatic heterocycles. The summed E-state index contributed by atoms with van der Waals surface area (Å²) >= 11 is 0. The maximum Gasteiger partial charge on any atom is 0.305 e. The molecule has 0 saturated carbocycles. The van der Waals surface area contributed by atoms with Crippen molar-refractivity contribution in [1.29, 1.82) is 0 Å². The first-order chi connectivity index (χ1) is 14.0. The summed E-state index contributed by atoms with van der Waals surface area (Å²) in [6.07, 6.45) is 4.14. The molecule has 29 heavy (non-hydrogen) atoms. The maximum atomic E-state index is 12.7. The quantitative estimate of drug-likeness (QED) is 0.492. The van der Waals surface area contributed by atoms with E-state index in [2.05, 4.69) is 20.8 Å². The van der Waals surface area contributed by atoms with Crippen molar-refractivity contribution in [1.82, 2.24) is 24.9 Å². The first-order valence-corrected chi connectivity index (χ1v) is 8.91. The molecule has 0 fully saturated rings. The highest BCUT2D eigenvalue weighted by Gasteiger charge is 2.21. The summed E-state index contributed by atoms with van der Waals surface area (Å²) in [5.74, 6) is -1.35. The number of furan rings is 1. The fourth-order valence-corrected chi connectivity index (χ4v) is 2.71. The highest BCUT2D eigenvalue weighted by atomic mass is 16.4. The fourth-order valence-electron chi connectivity index (χ4n) is 2.71. The zero-order chi connectivity index (χ0) is 20.8. The highest BCUT2D eigenvalue weighted by Crippen LogP contribution is 2.17. The van der Waals surface area contributed by atoms with E-state index in [0.717, 1.165) is 0 Å². The van der Waals surface area contributed by atoms with Gasteiger partial charge in [-0.3, -0.25) is 23.7 Å². The van der Waals surface area contributed by atoms with Crippen LogP contribution in [-0.4, -0.2) is 42.5 Å². The Morgan fingerprint density at radius 1 is 1.17 bits per heavy atom. The molecule has 11 nitrogen and oxygen atoms in total.